The summed E-state index contributed by atoms with van der Waals surface area (Å²) >= 11 is 2.35. The molecular formula is C62H89BF3IN10O8S. The van der Waals surface area contributed by atoms with Crippen molar-refractivity contribution in [2.24, 2.45) is 11.8 Å². The predicted octanol–water partition coefficient (Wildman–Crippen LogP) is 11.1. The number of benzene rings is 2. The number of ether oxygens (including phenoxy) is 4. The summed E-state index contributed by atoms with van der Waals surface area (Å²) in [4.78, 5) is 43.1. The fraction of sp³-hybridized carbons (Fsp3) is 0.613. The molecule has 11 rings (SSSR count). The van der Waals surface area contributed by atoms with Gasteiger partial charge in [0.25, 0.3) is 0 Å². The zero-order valence-corrected chi connectivity index (χ0v) is 54.2. The summed E-state index contributed by atoms with van der Waals surface area (Å²) in [5, 5.41) is 13.0. The first-order chi connectivity index (χ1) is 40.7. The molecule has 0 aliphatic carbocycles. The normalized spacial score (nSPS) is 22.8. The van der Waals surface area contributed by atoms with Gasteiger partial charge in [-0.3, -0.25) is 0 Å². The number of halogens is 4. The molecule has 7 aliphatic heterocycles. The number of pyridine rings is 2. The molecule has 86 heavy (non-hydrogen) atoms. The number of amides is 4. The number of morpholine rings is 2. The summed E-state index contributed by atoms with van der Waals surface area (Å²) in [5.41, 5.74) is 5.55. The molecule has 2 aromatic heterocycles. The van der Waals surface area contributed by atoms with Gasteiger partial charge in [0, 0.05) is 86.9 Å². The first-order valence-electron chi connectivity index (χ1n) is 30.5. The monoisotopic (exact) mass is 1330 g/mol. The first kappa shape index (κ1) is 67.1. The highest BCUT2D eigenvalue weighted by Crippen LogP contribution is 2.38. The molecule has 4 N–H and O–H groups in total. The average Bonchev–Trinajstić information content (AvgIpc) is 2.32. The van der Waals surface area contributed by atoms with Gasteiger partial charge in [-0.15, -0.1) is 0 Å². The Morgan fingerprint density at radius 2 is 1.14 bits per heavy atom. The molecule has 4 atom stereocenters. The maximum Gasteiger partial charge on any atom is 0.495 e. The Bertz CT molecular complexity index is 2860. The van der Waals surface area contributed by atoms with E-state index in [0.717, 1.165) is 168 Å². The van der Waals surface area contributed by atoms with Gasteiger partial charge in [0.15, 0.2) is 0 Å². The van der Waals surface area contributed by atoms with Gasteiger partial charge in [-0.2, -0.15) is 26.7 Å². The van der Waals surface area contributed by atoms with Crippen molar-refractivity contribution in [3.63, 3.8) is 0 Å². The van der Waals surface area contributed by atoms with Crippen LogP contribution in [0.3, 0.4) is 0 Å². The summed E-state index contributed by atoms with van der Waals surface area (Å²) in [6, 6.07) is 20.4. The summed E-state index contributed by atoms with van der Waals surface area (Å²) in [7, 11) is -0.556. The molecule has 4 amide bonds. The number of carbonyl (C=O) groups is 2. The molecule has 9 heterocycles. The highest BCUT2D eigenvalue weighted by Gasteiger charge is 2.52. The molecule has 0 bridgehead atoms. The van der Waals surface area contributed by atoms with Crippen LogP contribution < -0.4 is 36.5 Å². The Hall–Kier alpha value is -4.83. The third kappa shape index (κ3) is 18.6. The molecule has 18 nitrogen and oxygen atoms in total. The molecule has 0 saturated carbocycles. The Labute approximate surface area is 527 Å². The number of hydrogen-bond donors (Lipinski definition) is 4. The number of aryl methyl sites for hydroxylation is 2. The number of aromatic nitrogens is 2. The third-order valence-electron chi connectivity index (χ3n) is 17.4. The molecular weight excluding hydrogens is 1240 g/mol. The molecule has 0 unspecified atom stereocenters. The van der Waals surface area contributed by atoms with E-state index in [0.29, 0.717) is 50.4 Å². The zero-order chi connectivity index (χ0) is 60.3. The van der Waals surface area contributed by atoms with Crippen molar-refractivity contribution < 1.29 is 51.0 Å². The number of nitrogens with one attached hydrogen (secondary N) is 4. The summed E-state index contributed by atoms with van der Waals surface area (Å²) in [6.45, 7) is 25.9. The van der Waals surface area contributed by atoms with Crippen molar-refractivity contribution in [3.05, 3.63) is 75.4 Å². The van der Waals surface area contributed by atoms with Gasteiger partial charge in [-0.25, -0.2) is 19.6 Å². The van der Waals surface area contributed by atoms with Crippen LogP contribution in [0.4, 0.5) is 57.4 Å². The van der Waals surface area contributed by atoms with Gasteiger partial charge in [0.1, 0.15) is 23.3 Å². The molecule has 7 aliphatic rings. The number of urea groups is 2. The number of carbonyl (C=O) groups excluding carboxylic acids is 2. The van der Waals surface area contributed by atoms with Crippen LogP contribution in [-0.2, 0) is 28.3 Å². The maximum atomic E-state index is 12.9. The van der Waals surface area contributed by atoms with Crippen molar-refractivity contribution >= 4 is 95.4 Å². The summed E-state index contributed by atoms with van der Waals surface area (Å²) in [6.07, 6.45) is 1.93. The smallest absolute Gasteiger partial charge is 0.399 e. The second kappa shape index (κ2) is 30.6. The van der Waals surface area contributed by atoms with Gasteiger partial charge in [-0.05, 0) is 185 Å². The quantitative estimate of drug-likeness (QED) is 0.0778. The molecule has 0 radical (unpaired) electrons. The van der Waals surface area contributed by atoms with Crippen LogP contribution in [0.1, 0.15) is 97.1 Å². The van der Waals surface area contributed by atoms with Crippen LogP contribution in [-0.4, -0.2) is 174 Å². The van der Waals surface area contributed by atoms with Crippen molar-refractivity contribution in [2.75, 3.05) is 136 Å². The van der Waals surface area contributed by atoms with E-state index in [1.807, 2.05) is 51.7 Å². The molecule has 4 aromatic rings. The lowest BCUT2D eigenvalue weighted by Gasteiger charge is -2.32. The fourth-order valence-electron chi connectivity index (χ4n) is 11.6. The lowest BCUT2D eigenvalue weighted by atomic mass is 9.76. The Kier molecular flexibility index (Phi) is 23.9. The molecule has 24 heteroatoms. The average molecular weight is 1330 g/mol. The van der Waals surface area contributed by atoms with Gasteiger partial charge in [0.05, 0.1) is 62.9 Å². The van der Waals surface area contributed by atoms with E-state index < -0.39 is 42.9 Å². The van der Waals surface area contributed by atoms with Crippen molar-refractivity contribution in [3.8, 4) is 11.1 Å². The van der Waals surface area contributed by atoms with Crippen LogP contribution >= 0.6 is 36.1 Å². The Morgan fingerprint density at radius 1 is 0.640 bits per heavy atom. The molecule has 7 saturated heterocycles. The predicted molar refractivity (Wildman–Crippen MR) is 348 cm³/mol. The first-order valence-corrected chi connectivity index (χ1v) is 31.5. The second-order valence-electron chi connectivity index (χ2n) is 24.4. The van der Waals surface area contributed by atoms with E-state index in [1.54, 1.807) is 12.1 Å². The minimum absolute atomic E-state index is 0. The molecule has 7 fully saturated rings. The number of alkyl halides is 3. The van der Waals surface area contributed by atoms with E-state index in [1.165, 1.54) is 8.47 Å². The standard InChI is InChI=1S/C28H39N5O3.C20H28BF3N2O3.C14H20IN3O2.H2S/c1-3-21-8-9-33(18-21)28(34)30-23-7-6-20(2)25(17-23)22-15-26(29-24-5-4-12-36-19-24)31-27(16-22)32-10-13-35-14-11-32;1-13-6-7-15(10-16(13)21-28-18(2,3)19(4,5)29-21)25-17(27)26-9-8-14(12-26)11-20(22,23)24;15-11-8-13(16-12-2-1-5-20-10-12)17-14(9-11)18-3-6-19-7-4-18;/h6-7,15-17,21,24H,3-5,8-14,18-19H2,1-2H3,(H,29,31)(H,30,34);6-7,10,14H,8-9,11-12H2,1-5H3,(H,25,27);8-9,12H,1-7,10H2,(H,16,17);1H2/t21-,24-;14-;12-;/m101./s1. The summed E-state index contributed by atoms with van der Waals surface area (Å²) in [5.74, 6) is 3.88. The maximum absolute atomic E-state index is 12.9. The van der Waals surface area contributed by atoms with E-state index in [4.69, 9.17) is 38.2 Å². The number of nitrogens with zero attached hydrogens (tertiary/aromatic N) is 6. The molecule has 0 spiro atoms. The van der Waals surface area contributed by atoms with E-state index in [2.05, 4.69) is 104 Å². The fourth-order valence-corrected chi connectivity index (χ4v) is 12.1. The lowest BCUT2D eigenvalue weighted by molar-refractivity contribution is -0.143. The van der Waals surface area contributed by atoms with Gasteiger partial charge < -0.3 is 69.1 Å². The molecule has 2 aromatic carbocycles. The van der Waals surface area contributed by atoms with E-state index in [-0.39, 0.29) is 32.1 Å². The topological polar surface area (TPSA) is 176 Å². The van der Waals surface area contributed by atoms with E-state index >= 15 is 0 Å². The Morgan fingerprint density at radius 3 is 1.65 bits per heavy atom. The van der Waals surface area contributed by atoms with Gasteiger partial charge >= 0.3 is 25.4 Å². The largest absolute Gasteiger partial charge is 0.495 e. The second-order valence-corrected chi connectivity index (χ2v) is 25.7. The van der Waals surface area contributed by atoms with Gasteiger partial charge in [0.2, 0.25) is 0 Å². The van der Waals surface area contributed by atoms with E-state index in [9.17, 15) is 22.8 Å². The Balaban J connectivity index is 0.000000173. The summed E-state index contributed by atoms with van der Waals surface area (Å²) < 4.78 is 73.3. The van der Waals surface area contributed by atoms with Crippen LogP contribution in [0.25, 0.3) is 11.1 Å². The minimum Gasteiger partial charge on any atom is -0.399 e. The zero-order valence-electron chi connectivity index (χ0n) is 51.1. The van der Waals surface area contributed by atoms with Crippen LogP contribution in [0.5, 0.6) is 0 Å². The third-order valence-corrected chi connectivity index (χ3v) is 18.0. The number of anilines is 6. The van der Waals surface area contributed by atoms with Crippen LogP contribution in [0.2, 0.25) is 0 Å². The van der Waals surface area contributed by atoms with Crippen LogP contribution in [0.15, 0.2) is 60.7 Å². The number of likely N-dealkylation sites (tertiary alicyclic amines) is 2. The van der Waals surface area contributed by atoms with Crippen molar-refractivity contribution in [2.45, 2.75) is 129 Å². The number of rotatable bonds is 12. The highest BCUT2D eigenvalue weighted by atomic mass is 127. The lowest BCUT2D eigenvalue weighted by Crippen LogP contribution is -2.41. The van der Waals surface area contributed by atoms with Gasteiger partial charge in [-0.1, -0.05) is 31.0 Å². The van der Waals surface area contributed by atoms with Crippen molar-refractivity contribution in [1.82, 2.24) is 19.8 Å². The SMILES string of the molecule is CC[C@@H]1CCN(C(=O)Nc2ccc(C)c(-c3cc(N[C@@H]4CCCOC4)nc(N4CCOCC4)c3)c2)C1.Cc1ccc(NC(=O)N2CC[C@@H](CC(F)(F)F)C2)cc1B1OC(C)(C)C(C)(C)O1.Ic1cc(N[C@@H]2CCCOC2)nc(N2CCOCC2)c1.S. The minimum atomic E-state index is -4.20. The highest BCUT2D eigenvalue weighted by molar-refractivity contribution is 14.1. The van der Waals surface area contributed by atoms with Crippen LogP contribution in [0, 0.1) is 29.3 Å². The van der Waals surface area contributed by atoms with Crippen molar-refractivity contribution in [1.29, 1.82) is 0 Å². The number of hydrogen-bond acceptors (Lipinski definition) is 14. The molecule has 472 valence electrons.